The van der Waals surface area contributed by atoms with Crippen LogP contribution in [0.15, 0.2) is 12.4 Å². The highest BCUT2D eigenvalue weighted by molar-refractivity contribution is 5.88. The Morgan fingerprint density at radius 1 is 1.52 bits per heavy atom. The number of ether oxygens (including phenoxy) is 1. The lowest BCUT2D eigenvalue weighted by Crippen LogP contribution is -2.16. The topological polar surface area (TPSA) is 101 Å². The van der Waals surface area contributed by atoms with Crippen LogP contribution in [0, 0.1) is 0 Å². The molecule has 2 aromatic rings. The van der Waals surface area contributed by atoms with Crippen molar-refractivity contribution in [1.82, 2.24) is 24.5 Å². The first-order valence-electron chi connectivity index (χ1n) is 6.17. The molecule has 0 spiro atoms. The second-order valence-corrected chi connectivity index (χ2v) is 4.00. The zero-order valence-corrected chi connectivity index (χ0v) is 11.2. The van der Waals surface area contributed by atoms with Crippen LogP contribution in [0.25, 0.3) is 0 Å². The Kier molecular flexibility index (Phi) is 4.58. The molecule has 0 aliphatic heterocycles. The summed E-state index contributed by atoms with van der Waals surface area (Å²) in [6.45, 7) is -0.973. The third kappa shape index (κ3) is 3.05. The summed E-state index contributed by atoms with van der Waals surface area (Å²) in [7, 11) is 0. The monoisotopic (exact) mass is 300 g/mol. The number of esters is 1. The lowest BCUT2D eigenvalue weighted by Gasteiger charge is -2.08. The van der Waals surface area contributed by atoms with E-state index >= 15 is 0 Å². The molecule has 0 radical (unpaired) electrons. The van der Waals surface area contributed by atoms with Crippen molar-refractivity contribution in [3.63, 3.8) is 0 Å². The van der Waals surface area contributed by atoms with Crippen LogP contribution in [0.1, 0.15) is 35.5 Å². The number of carbonyl (C=O) groups is 1. The van der Waals surface area contributed by atoms with Crippen LogP contribution in [0.3, 0.4) is 0 Å². The number of alkyl halides is 2. The average molecular weight is 300 g/mol. The summed E-state index contributed by atoms with van der Waals surface area (Å²) >= 11 is 0. The highest BCUT2D eigenvalue weighted by atomic mass is 19.3. The second-order valence-electron chi connectivity index (χ2n) is 4.00. The van der Waals surface area contributed by atoms with Gasteiger partial charge in [-0.15, -0.1) is 5.10 Å². The van der Waals surface area contributed by atoms with Crippen molar-refractivity contribution in [2.45, 2.75) is 26.6 Å². The number of hydrogen-bond donors (Lipinski definition) is 1. The first-order chi connectivity index (χ1) is 10.1. The number of nitrogens with two attached hydrogens (primary N) is 1. The molecule has 2 N–H and O–H groups in total. The Morgan fingerprint density at radius 3 is 2.90 bits per heavy atom. The standard InChI is InChI=1S/C11H14F2N6O2/c1-2-21-10(20)9-7(5-14)19(17-16-9)6-8-15-3-4-18(8)11(12)13/h3-4,11H,2,5-6,14H2,1H3. The highest BCUT2D eigenvalue weighted by Crippen LogP contribution is 2.14. The van der Waals surface area contributed by atoms with E-state index in [1.807, 2.05) is 0 Å². The molecule has 2 rings (SSSR count). The third-order valence-electron chi connectivity index (χ3n) is 2.75. The maximum absolute atomic E-state index is 12.8. The van der Waals surface area contributed by atoms with Crippen LogP contribution >= 0.6 is 0 Å². The zero-order chi connectivity index (χ0) is 15.4. The number of nitrogens with zero attached hydrogens (tertiary/aromatic N) is 5. The van der Waals surface area contributed by atoms with E-state index in [-0.39, 0.29) is 31.2 Å². The van der Waals surface area contributed by atoms with Crippen molar-refractivity contribution in [3.8, 4) is 0 Å². The molecule has 0 aliphatic carbocycles. The molecular weight excluding hydrogens is 286 g/mol. The Hall–Kier alpha value is -2.36. The fourth-order valence-electron chi connectivity index (χ4n) is 1.80. The lowest BCUT2D eigenvalue weighted by molar-refractivity contribution is 0.0517. The molecule has 0 unspecified atom stereocenters. The van der Waals surface area contributed by atoms with Gasteiger partial charge in [0.1, 0.15) is 12.4 Å². The summed E-state index contributed by atoms with van der Waals surface area (Å²) in [6.07, 6.45) is 2.41. The van der Waals surface area contributed by atoms with Crippen molar-refractivity contribution in [1.29, 1.82) is 0 Å². The first-order valence-corrected chi connectivity index (χ1v) is 6.17. The number of rotatable bonds is 6. The molecule has 8 nitrogen and oxygen atoms in total. The summed E-state index contributed by atoms with van der Waals surface area (Å²) < 4.78 is 32.3. The molecule has 0 fully saturated rings. The van der Waals surface area contributed by atoms with Crippen LogP contribution < -0.4 is 5.73 Å². The molecule has 0 aliphatic rings. The Morgan fingerprint density at radius 2 is 2.29 bits per heavy atom. The zero-order valence-electron chi connectivity index (χ0n) is 11.2. The predicted octanol–water partition coefficient (Wildman–Crippen LogP) is 0.553. The van der Waals surface area contributed by atoms with Gasteiger partial charge < -0.3 is 10.5 Å². The second kappa shape index (κ2) is 6.39. The molecule has 2 heterocycles. The van der Waals surface area contributed by atoms with Crippen molar-refractivity contribution in [2.24, 2.45) is 5.73 Å². The predicted molar refractivity (Wildman–Crippen MR) is 66.5 cm³/mol. The number of aromatic nitrogens is 5. The smallest absolute Gasteiger partial charge is 0.360 e. The minimum atomic E-state index is -2.71. The molecule has 0 saturated carbocycles. The number of halogens is 2. The normalized spacial score (nSPS) is 11.1. The molecule has 0 bridgehead atoms. The summed E-state index contributed by atoms with van der Waals surface area (Å²) in [6, 6.07) is 0. The first kappa shape index (κ1) is 15.0. The quantitative estimate of drug-likeness (QED) is 0.782. The minimum absolute atomic E-state index is 0.0190. The number of imidazole rings is 1. The van der Waals surface area contributed by atoms with E-state index in [4.69, 9.17) is 10.5 Å². The van der Waals surface area contributed by atoms with E-state index in [9.17, 15) is 13.6 Å². The number of hydrogen-bond acceptors (Lipinski definition) is 6. The summed E-state index contributed by atoms with van der Waals surface area (Å²) in [4.78, 5) is 15.5. The van der Waals surface area contributed by atoms with Gasteiger partial charge in [-0.05, 0) is 6.92 Å². The van der Waals surface area contributed by atoms with Gasteiger partial charge in [0.05, 0.1) is 12.3 Å². The van der Waals surface area contributed by atoms with E-state index in [1.54, 1.807) is 6.92 Å². The minimum Gasteiger partial charge on any atom is -0.461 e. The maximum Gasteiger partial charge on any atom is 0.360 e. The third-order valence-corrected chi connectivity index (χ3v) is 2.75. The molecule has 0 saturated heterocycles. The van der Waals surface area contributed by atoms with Crippen molar-refractivity contribution >= 4 is 5.97 Å². The van der Waals surface area contributed by atoms with Gasteiger partial charge in [0, 0.05) is 18.9 Å². The van der Waals surface area contributed by atoms with Crippen LogP contribution in [0.5, 0.6) is 0 Å². The van der Waals surface area contributed by atoms with E-state index in [0.29, 0.717) is 10.3 Å². The van der Waals surface area contributed by atoms with Crippen LogP contribution in [-0.2, 0) is 17.8 Å². The van der Waals surface area contributed by atoms with Crippen molar-refractivity contribution < 1.29 is 18.3 Å². The molecule has 2 aromatic heterocycles. The molecule has 10 heteroatoms. The van der Waals surface area contributed by atoms with Gasteiger partial charge in [-0.1, -0.05) is 5.21 Å². The van der Waals surface area contributed by atoms with Gasteiger partial charge in [0.2, 0.25) is 0 Å². The Labute approximate surface area is 118 Å². The SMILES string of the molecule is CCOC(=O)c1nnn(Cc2nccn2C(F)F)c1CN. The van der Waals surface area contributed by atoms with Crippen LogP contribution in [0.4, 0.5) is 8.78 Å². The van der Waals surface area contributed by atoms with Crippen LogP contribution in [0.2, 0.25) is 0 Å². The summed E-state index contributed by atoms with van der Waals surface area (Å²) in [5.74, 6) is -0.568. The van der Waals surface area contributed by atoms with Gasteiger partial charge >= 0.3 is 12.5 Å². The Bertz CT molecular complexity index is 624. The molecule has 0 atom stereocenters. The van der Waals surface area contributed by atoms with E-state index in [2.05, 4.69) is 15.3 Å². The van der Waals surface area contributed by atoms with Gasteiger partial charge in [0.15, 0.2) is 5.69 Å². The maximum atomic E-state index is 12.8. The van der Waals surface area contributed by atoms with Gasteiger partial charge in [-0.3, -0.25) is 4.57 Å². The molecule has 0 amide bonds. The number of carbonyl (C=O) groups excluding carboxylic acids is 1. The van der Waals surface area contributed by atoms with E-state index in [1.165, 1.54) is 10.9 Å². The summed E-state index contributed by atoms with van der Waals surface area (Å²) in [5, 5.41) is 7.45. The molecule has 0 aromatic carbocycles. The van der Waals surface area contributed by atoms with E-state index in [0.717, 1.165) is 6.20 Å². The van der Waals surface area contributed by atoms with E-state index < -0.39 is 12.5 Å². The molecule has 21 heavy (non-hydrogen) atoms. The highest BCUT2D eigenvalue weighted by Gasteiger charge is 2.21. The molecular formula is C11H14F2N6O2. The fraction of sp³-hybridized carbons (Fsp3) is 0.455. The average Bonchev–Trinajstić information content (AvgIpc) is 3.05. The van der Waals surface area contributed by atoms with Gasteiger partial charge in [-0.2, -0.15) is 8.78 Å². The van der Waals surface area contributed by atoms with Gasteiger partial charge in [0.25, 0.3) is 0 Å². The summed E-state index contributed by atoms with van der Waals surface area (Å²) in [5.41, 5.74) is 5.86. The fourth-order valence-corrected chi connectivity index (χ4v) is 1.80. The van der Waals surface area contributed by atoms with Crippen molar-refractivity contribution in [2.75, 3.05) is 6.61 Å². The lowest BCUT2D eigenvalue weighted by atomic mass is 10.3. The van der Waals surface area contributed by atoms with Gasteiger partial charge in [-0.25, -0.2) is 14.5 Å². The molecule has 114 valence electrons. The van der Waals surface area contributed by atoms with Crippen molar-refractivity contribution in [3.05, 3.63) is 29.6 Å². The Balaban J connectivity index is 2.28. The van der Waals surface area contributed by atoms with Crippen LogP contribution in [-0.4, -0.2) is 37.1 Å². The largest absolute Gasteiger partial charge is 0.461 e.